The van der Waals surface area contributed by atoms with Crippen molar-refractivity contribution in [2.75, 3.05) is 17.3 Å². The predicted molar refractivity (Wildman–Crippen MR) is 69.1 cm³/mol. The first-order valence-electron chi connectivity index (χ1n) is 5.15. The van der Waals surface area contributed by atoms with E-state index in [0.29, 0.717) is 17.9 Å². The van der Waals surface area contributed by atoms with E-state index in [2.05, 4.69) is 21.2 Å². The van der Waals surface area contributed by atoms with Gasteiger partial charge >= 0.3 is 6.09 Å². The fourth-order valence-corrected chi connectivity index (χ4v) is 1.23. The van der Waals surface area contributed by atoms with Crippen molar-refractivity contribution >= 4 is 27.7 Å². The summed E-state index contributed by atoms with van der Waals surface area (Å²) in [6, 6.07) is 8.60. The maximum Gasteiger partial charge on any atom is 0.411 e. The fourth-order valence-electron chi connectivity index (χ4n) is 1.04. The van der Waals surface area contributed by atoms with E-state index in [-0.39, 0.29) is 5.92 Å². The number of hydrogen-bond acceptors (Lipinski definition) is 3. The molecular formula is C12H13BrN2O2. The summed E-state index contributed by atoms with van der Waals surface area (Å²) >= 11 is 3.31. The zero-order valence-corrected chi connectivity index (χ0v) is 11.0. The molecule has 1 aromatic rings. The number of carbonyl (C=O) groups is 1. The molecule has 1 unspecified atom stereocenters. The monoisotopic (exact) mass is 296 g/mol. The van der Waals surface area contributed by atoms with E-state index < -0.39 is 6.09 Å². The average molecular weight is 297 g/mol. The summed E-state index contributed by atoms with van der Waals surface area (Å²) in [4.78, 5) is 11.4. The minimum atomic E-state index is -0.484. The maximum atomic E-state index is 11.4. The van der Waals surface area contributed by atoms with Gasteiger partial charge in [-0.3, -0.25) is 5.32 Å². The van der Waals surface area contributed by atoms with Gasteiger partial charge in [-0.1, -0.05) is 22.9 Å². The first-order valence-corrected chi connectivity index (χ1v) is 6.27. The van der Waals surface area contributed by atoms with E-state index >= 15 is 0 Å². The van der Waals surface area contributed by atoms with E-state index in [9.17, 15) is 4.79 Å². The van der Waals surface area contributed by atoms with Crippen molar-refractivity contribution in [2.45, 2.75) is 6.92 Å². The summed E-state index contributed by atoms with van der Waals surface area (Å²) in [7, 11) is 0. The molecule has 4 nitrogen and oxygen atoms in total. The standard InChI is InChI=1S/C12H13BrN2O2/c1-9(6-13)8-17-12(16)15-11-4-2-10(7-14)3-5-11/h2-5,9H,6,8H2,1H3,(H,15,16). The molecule has 0 aliphatic carbocycles. The lowest BCUT2D eigenvalue weighted by Gasteiger charge is -2.10. The van der Waals surface area contributed by atoms with Crippen molar-refractivity contribution in [3.63, 3.8) is 0 Å². The van der Waals surface area contributed by atoms with Crippen LogP contribution in [0.3, 0.4) is 0 Å². The summed E-state index contributed by atoms with van der Waals surface area (Å²) in [6.07, 6.45) is -0.484. The SMILES string of the molecule is CC(CBr)COC(=O)Nc1ccc(C#N)cc1. The number of hydrogen-bond donors (Lipinski definition) is 1. The molecular weight excluding hydrogens is 284 g/mol. The molecule has 0 fully saturated rings. The Hall–Kier alpha value is -1.54. The molecule has 0 bridgehead atoms. The second kappa shape index (κ2) is 6.92. The Morgan fingerprint density at radius 2 is 2.18 bits per heavy atom. The van der Waals surface area contributed by atoms with Crippen LogP contribution in [0.25, 0.3) is 0 Å². The summed E-state index contributed by atoms with van der Waals surface area (Å²) in [6.45, 7) is 2.34. The van der Waals surface area contributed by atoms with E-state index in [1.165, 1.54) is 0 Å². The molecule has 0 heterocycles. The van der Waals surface area contributed by atoms with Gasteiger partial charge in [-0.15, -0.1) is 0 Å². The zero-order chi connectivity index (χ0) is 12.7. The first kappa shape index (κ1) is 13.5. The molecule has 1 atom stereocenters. The molecule has 90 valence electrons. The second-order valence-corrected chi connectivity index (χ2v) is 4.32. The summed E-state index contributed by atoms with van der Waals surface area (Å²) in [5.41, 5.74) is 1.16. The van der Waals surface area contributed by atoms with E-state index in [4.69, 9.17) is 10.00 Å². The lowest BCUT2D eigenvalue weighted by molar-refractivity contribution is 0.148. The molecule has 17 heavy (non-hydrogen) atoms. The number of rotatable bonds is 4. The highest BCUT2D eigenvalue weighted by atomic mass is 79.9. The van der Waals surface area contributed by atoms with Crippen LogP contribution in [0.15, 0.2) is 24.3 Å². The number of anilines is 1. The van der Waals surface area contributed by atoms with Gasteiger partial charge in [0.25, 0.3) is 0 Å². The molecule has 1 rings (SSSR count). The smallest absolute Gasteiger partial charge is 0.411 e. The van der Waals surface area contributed by atoms with Gasteiger partial charge in [0.15, 0.2) is 0 Å². The number of nitriles is 1. The van der Waals surface area contributed by atoms with Crippen LogP contribution in [-0.4, -0.2) is 18.0 Å². The lowest BCUT2D eigenvalue weighted by Crippen LogP contribution is -2.18. The minimum absolute atomic E-state index is 0.279. The highest BCUT2D eigenvalue weighted by Crippen LogP contribution is 2.09. The maximum absolute atomic E-state index is 11.4. The van der Waals surface area contributed by atoms with Crippen molar-refractivity contribution < 1.29 is 9.53 Å². The van der Waals surface area contributed by atoms with Gasteiger partial charge in [0, 0.05) is 16.9 Å². The molecule has 0 spiro atoms. The summed E-state index contributed by atoms with van der Waals surface area (Å²) in [5, 5.41) is 12.0. The van der Waals surface area contributed by atoms with Crippen molar-refractivity contribution in [1.29, 1.82) is 5.26 Å². The zero-order valence-electron chi connectivity index (χ0n) is 9.44. The third-order valence-electron chi connectivity index (χ3n) is 2.02. The number of nitrogens with zero attached hydrogens (tertiary/aromatic N) is 1. The highest BCUT2D eigenvalue weighted by Gasteiger charge is 2.06. The largest absolute Gasteiger partial charge is 0.449 e. The third kappa shape index (κ3) is 4.87. The van der Waals surface area contributed by atoms with Crippen LogP contribution in [0.4, 0.5) is 10.5 Å². The lowest BCUT2D eigenvalue weighted by atomic mass is 10.2. The van der Waals surface area contributed by atoms with Gasteiger partial charge in [-0.2, -0.15) is 5.26 Å². The van der Waals surface area contributed by atoms with Crippen molar-refractivity contribution in [2.24, 2.45) is 5.92 Å². The number of ether oxygens (including phenoxy) is 1. The molecule has 0 saturated carbocycles. The van der Waals surface area contributed by atoms with Gasteiger partial charge < -0.3 is 4.74 Å². The Labute approximate surface area is 109 Å². The third-order valence-corrected chi connectivity index (χ3v) is 3.13. The molecule has 0 saturated heterocycles. The number of nitrogens with one attached hydrogen (secondary N) is 1. The predicted octanol–water partition coefficient (Wildman–Crippen LogP) is 3.14. The highest BCUT2D eigenvalue weighted by molar-refractivity contribution is 9.09. The Morgan fingerprint density at radius 3 is 2.71 bits per heavy atom. The minimum Gasteiger partial charge on any atom is -0.449 e. The van der Waals surface area contributed by atoms with E-state index in [1.54, 1.807) is 24.3 Å². The summed E-state index contributed by atoms with van der Waals surface area (Å²) in [5.74, 6) is 0.279. The normalized spacial score (nSPS) is 11.4. The molecule has 0 aliphatic rings. The Bertz CT molecular complexity index is 412. The Kier molecular flexibility index (Phi) is 5.50. The molecule has 1 N–H and O–H groups in total. The van der Waals surface area contributed by atoms with Crippen LogP contribution in [0.2, 0.25) is 0 Å². The van der Waals surface area contributed by atoms with Crippen LogP contribution < -0.4 is 5.32 Å². The topological polar surface area (TPSA) is 62.1 Å². The number of amides is 1. The molecule has 5 heteroatoms. The Morgan fingerprint density at radius 1 is 1.53 bits per heavy atom. The number of benzene rings is 1. The second-order valence-electron chi connectivity index (χ2n) is 3.67. The summed E-state index contributed by atoms with van der Waals surface area (Å²) < 4.78 is 5.01. The van der Waals surface area contributed by atoms with Gasteiger partial charge in [0.2, 0.25) is 0 Å². The van der Waals surface area contributed by atoms with Crippen LogP contribution in [0.1, 0.15) is 12.5 Å². The van der Waals surface area contributed by atoms with Crippen LogP contribution in [0.5, 0.6) is 0 Å². The van der Waals surface area contributed by atoms with E-state index in [0.717, 1.165) is 5.33 Å². The first-order chi connectivity index (χ1) is 8.15. The number of alkyl halides is 1. The molecule has 0 aliphatic heterocycles. The van der Waals surface area contributed by atoms with Crippen LogP contribution in [0, 0.1) is 17.2 Å². The molecule has 0 aromatic heterocycles. The van der Waals surface area contributed by atoms with Crippen molar-refractivity contribution in [1.82, 2.24) is 0 Å². The molecule has 1 amide bonds. The van der Waals surface area contributed by atoms with Crippen LogP contribution >= 0.6 is 15.9 Å². The fraction of sp³-hybridized carbons (Fsp3) is 0.333. The van der Waals surface area contributed by atoms with Crippen molar-refractivity contribution in [3.8, 4) is 6.07 Å². The van der Waals surface area contributed by atoms with Gasteiger partial charge in [0.1, 0.15) is 0 Å². The van der Waals surface area contributed by atoms with Gasteiger partial charge in [-0.25, -0.2) is 4.79 Å². The van der Waals surface area contributed by atoms with Gasteiger partial charge in [0.05, 0.1) is 18.2 Å². The molecule has 1 aromatic carbocycles. The average Bonchev–Trinajstić information content (AvgIpc) is 2.36. The van der Waals surface area contributed by atoms with E-state index in [1.807, 2.05) is 13.0 Å². The van der Waals surface area contributed by atoms with Crippen LogP contribution in [-0.2, 0) is 4.74 Å². The number of halogens is 1. The number of carbonyl (C=O) groups excluding carboxylic acids is 1. The quantitative estimate of drug-likeness (QED) is 0.868. The van der Waals surface area contributed by atoms with Gasteiger partial charge in [-0.05, 0) is 24.3 Å². The molecule has 0 radical (unpaired) electrons. The van der Waals surface area contributed by atoms with Crippen molar-refractivity contribution in [3.05, 3.63) is 29.8 Å². The Balaban J connectivity index is 2.43.